The van der Waals surface area contributed by atoms with Crippen LogP contribution in [0.2, 0.25) is 0 Å². The van der Waals surface area contributed by atoms with Crippen LogP contribution in [-0.2, 0) is 21.4 Å². The molecule has 1 atom stereocenters. The topological polar surface area (TPSA) is 83.3 Å². The molecule has 9 nitrogen and oxygen atoms in total. The Hall–Kier alpha value is -3.56. The minimum Gasteiger partial charge on any atom is -0.383 e. The highest BCUT2D eigenvalue weighted by molar-refractivity contribution is 6.15. The van der Waals surface area contributed by atoms with Crippen LogP contribution in [0.3, 0.4) is 0 Å². The van der Waals surface area contributed by atoms with E-state index < -0.39 is 5.54 Å². The van der Waals surface area contributed by atoms with Crippen molar-refractivity contribution in [1.29, 1.82) is 0 Å². The maximum absolute atomic E-state index is 14.2. The van der Waals surface area contributed by atoms with Crippen molar-refractivity contribution in [2.45, 2.75) is 37.6 Å². The van der Waals surface area contributed by atoms with Crippen LogP contribution in [0.1, 0.15) is 37.7 Å². The number of methoxy groups -OCH3 is 1. The van der Waals surface area contributed by atoms with Gasteiger partial charge in [-0.05, 0) is 61.3 Å². The molecule has 4 aliphatic rings. The number of amidine groups is 1. The van der Waals surface area contributed by atoms with Crippen LogP contribution < -0.4 is 0 Å². The first-order valence-corrected chi connectivity index (χ1v) is 15.4. The van der Waals surface area contributed by atoms with Gasteiger partial charge >= 0.3 is 0 Å². The summed E-state index contributed by atoms with van der Waals surface area (Å²) in [5.41, 5.74) is 3.62. The Morgan fingerprint density at radius 1 is 1.00 bits per heavy atom. The van der Waals surface area contributed by atoms with Gasteiger partial charge in [0.05, 0.1) is 18.3 Å². The molecule has 7 rings (SSSR count). The molecule has 9 heteroatoms. The van der Waals surface area contributed by atoms with E-state index in [1.54, 1.807) is 7.11 Å². The fourth-order valence-electron chi connectivity index (χ4n) is 6.92. The smallest absolute Gasteiger partial charge is 0.256 e. The van der Waals surface area contributed by atoms with Gasteiger partial charge in [-0.25, -0.2) is 0 Å². The SMILES string of the molecule is COCCN1CCC2(CC1)N=C(c1ccc(-c3ccc4c(cnn4C)c3)cc1)N(C[C@@H]1CCN(C(=O)C3CC3)C1)C2=O. The van der Waals surface area contributed by atoms with Crippen molar-refractivity contribution in [3.05, 3.63) is 54.2 Å². The molecule has 1 aliphatic carbocycles. The first kappa shape index (κ1) is 27.3. The number of ether oxygens (including phenoxy) is 1. The van der Waals surface area contributed by atoms with Crippen molar-refractivity contribution >= 4 is 28.6 Å². The molecular formula is C33H40N6O3. The Balaban J connectivity index is 1.14. The number of aliphatic imine (C=N–C) groups is 1. The van der Waals surface area contributed by atoms with Crippen LogP contribution in [0.25, 0.3) is 22.0 Å². The fourth-order valence-corrected chi connectivity index (χ4v) is 6.92. The van der Waals surface area contributed by atoms with Gasteiger partial charge in [0.15, 0.2) is 0 Å². The number of aryl methyl sites for hydroxylation is 1. The average molecular weight is 569 g/mol. The monoisotopic (exact) mass is 568 g/mol. The van der Waals surface area contributed by atoms with Gasteiger partial charge in [-0.2, -0.15) is 5.10 Å². The summed E-state index contributed by atoms with van der Waals surface area (Å²) in [7, 11) is 3.68. The molecule has 2 aromatic carbocycles. The van der Waals surface area contributed by atoms with E-state index >= 15 is 0 Å². The van der Waals surface area contributed by atoms with Crippen LogP contribution in [0.5, 0.6) is 0 Å². The maximum Gasteiger partial charge on any atom is 0.256 e. The molecule has 1 spiro atoms. The van der Waals surface area contributed by atoms with Gasteiger partial charge in [0, 0.05) is 70.3 Å². The Labute approximate surface area is 247 Å². The van der Waals surface area contributed by atoms with Gasteiger partial charge in [-0.1, -0.05) is 30.3 Å². The zero-order valence-electron chi connectivity index (χ0n) is 24.7. The maximum atomic E-state index is 14.2. The third kappa shape index (κ3) is 5.02. The number of rotatable bonds is 8. The summed E-state index contributed by atoms with van der Waals surface area (Å²) < 4.78 is 7.16. The summed E-state index contributed by atoms with van der Waals surface area (Å²) in [4.78, 5) is 38.5. The van der Waals surface area contributed by atoms with E-state index in [4.69, 9.17) is 9.73 Å². The van der Waals surface area contributed by atoms with Crippen LogP contribution in [-0.4, -0.2) is 101 Å². The number of benzene rings is 2. The van der Waals surface area contributed by atoms with Gasteiger partial charge < -0.3 is 14.5 Å². The summed E-state index contributed by atoms with van der Waals surface area (Å²) in [5.74, 6) is 1.72. The Morgan fingerprint density at radius 2 is 1.74 bits per heavy atom. The number of amides is 2. The molecule has 0 bridgehead atoms. The van der Waals surface area contributed by atoms with Crippen molar-refractivity contribution < 1.29 is 14.3 Å². The third-order valence-corrected chi connectivity index (χ3v) is 9.70. The summed E-state index contributed by atoms with van der Waals surface area (Å²) in [6.07, 6.45) is 6.32. The van der Waals surface area contributed by atoms with Crippen LogP contribution in [0, 0.1) is 11.8 Å². The van der Waals surface area contributed by atoms with Crippen LogP contribution in [0.4, 0.5) is 0 Å². The standard InChI is InChI=1S/C33H40N6O3/c1-36-29-10-9-27(19-28(29)20-34-36)24-3-5-25(6-4-24)30-35-33(12-15-37(16-13-33)17-18-42-2)32(41)39(30)22-23-11-14-38(21-23)31(40)26-7-8-26/h3-6,9-10,19-20,23,26H,7-8,11-18,21-22H2,1-2H3/t23-/m1/s1. The van der Waals surface area contributed by atoms with Gasteiger partial charge in [-0.3, -0.25) is 24.2 Å². The zero-order chi connectivity index (χ0) is 28.8. The number of nitrogens with zero attached hydrogens (tertiary/aromatic N) is 6. The van der Waals surface area contributed by atoms with E-state index in [1.807, 2.05) is 27.7 Å². The molecule has 2 saturated heterocycles. The largest absolute Gasteiger partial charge is 0.383 e. The highest BCUT2D eigenvalue weighted by Gasteiger charge is 2.50. The summed E-state index contributed by atoms with van der Waals surface area (Å²) in [5, 5.41) is 5.49. The zero-order valence-corrected chi connectivity index (χ0v) is 24.7. The second-order valence-electron chi connectivity index (χ2n) is 12.5. The number of piperidine rings is 1. The normalized spacial score (nSPS) is 22.5. The second-order valence-corrected chi connectivity index (χ2v) is 12.5. The molecule has 1 aromatic heterocycles. The van der Waals surface area contributed by atoms with E-state index in [2.05, 4.69) is 52.5 Å². The summed E-state index contributed by atoms with van der Waals surface area (Å²) >= 11 is 0. The molecule has 220 valence electrons. The van der Waals surface area contributed by atoms with Crippen molar-refractivity contribution in [2.24, 2.45) is 23.9 Å². The molecule has 42 heavy (non-hydrogen) atoms. The van der Waals surface area contributed by atoms with Gasteiger partial charge in [0.2, 0.25) is 5.91 Å². The van der Waals surface area contributed by atoms with Gasteiger partial charge in [-0.15, -0.1) is 0 Å². The number of carbonyl (C=O) groups is 2. The summed E-state index contributed by atoms with van der Waals surface area (Å²) in [6.45, 7) is 5.38. The number of carbonyl (C=O) groups excluding carboxylic acids is 2. The minimum absolute atomic E-state index is 0.127. The minimum atomic E-state index is -0.703. The van der Waals surface area contributed by atoms with E-state index in [0.29, 0.717) is 19.1 Å². The second kappa shape index (κ2) is 10.9. The number of aromatic nitrogens is 2. The van der Waals surface area contributed by atoms with E-state index in [0.717, 1.165) is 98.3 Å². The third-order valence-electron chi connectivity index (χ3n) is 9.70. The quantitative estimate of drug-likeness (QED) is 0.415. The molecular weight excluding hydrogens is 528 g/mol. The fraction of sp³-hybridized carbons (Fsp3) is 0.515. The van der Waals surface area contributed by atoms with Gasteiger partial charge in [0.25, 0.3) is 5.91 Å². The summed E-state index contributed by atoms with van der Waals surface area (Å²) in [6, 6.07) is 14.9. The highest BCUT2D eigenvalue weighted by atomic mass is 16.5. The van der Waals surface area contributed by atoms with Crippen molar-refractivity contribution in [3.8, 4) is 11.1 Å². The lowest BCUT2D eigenvalue weighted by molar-refractivity contribution is -0.133. The lowest BCUT2D eigenvalue weighted by Gasteiger charge is -2.36. The predicted octanol–water partition coefficient (Wildman–Crippen LogP) is 3.57. The lowest BCUT2D eigenvalue weighted by atomic mass is 9.87. The Morgan fingerprint density at radius 3 is 2.48 bits per heavy atom. The molecule has 0 N–H and O–H groups in total. The Bertz CT molecular complexity index is 1520. The van der Waals surface area contributed by atoms with E-state index in [1.165, 1.54) is 0 Å². The molecule has 1 saturated carbocycles. The lowest BCUT2D eigenvalue weighted by Crippen LogP contribution is -2.51. The van der Waals surface area contributed by atoms with Crippen molar-refractivity contribution in [1.82, 2.24) is 24.5 Å². The number of hydrogen-bond donors (Lipinski definition) is 0. The molecule has 2 amide bonds. The number of fused-ring (bicyclic) bond motifs is 1. The number of hydrogen-bond acceptors (Lipinski definition) is 6. The van der Waals surface area contributed by atoms with Gasteiger partial charge in [0.1, 0.15) is 11.4 Å². The predicted molar refractivity (Wildman–Crippen MR) is 162 cm³/mol. The first-order valence-electron chi connectivity index (χ1n) is 15.4. The van der Waals surface area contributed by atoms with E-state index in [-0.39, 0.29) is 17.7 Å². The molecule has 0 unspecified atom stereocenters. The molecule has 3 aromatic rings. The van der Waals surface area contributed by atoms with E-state index in [9.17, 15) is 9.59 Å². The first-order chi connectivity index (χ1) is 20.4. The van der Waals surface area contributed by atoms with Crippen molar-refractivity contribution in [3.63, 3.8) is 0 Å². The number of likely N-dealkylation sites (tertiary alicyclic amines) is 2. The van der Waals surface area contributed by atoms with Crippen LogP contribution in [0.15, 0.2) is 53.7 Å². The molecule has 3 aliphatic heterocycles. The van der Waals surface area contributed by atoms with Crippen molar-refractivity contribution in [2.75, 3.05) is 53.0 Å². The molecule has 0 radical (unpaired) electrons. The Kier molecular flexibility index (Phi) is 7.10. The highest BCUT2D eigenvalue weighted by Crippen LogP contribution is 2.38. The molecule has 3 fully saturated rings. The molecule has 4 heterocycles. The van der Waals surface area contributed by atoms with Crippen LogP contribution >= 0.6 is 0 Å². The average Bonchev–Trinajstić information content (AvgIpc) is 3.58.